The van der Waals surface area contributed by atoms with Crippen LogP contribution in [-0.4, -0.2) is 57.6 Å². The van der Waals surface area contributed by atoms with E-state index in [0.717, 1.165) is 5.69 Å². The standard InChI is InChI=1S/C21H17Cl3N4O2/c22-15-3-1-4-16(11-15)28-13-14(12-25-28)20(29)26-7-9-27(10-8-26)21(30)17-5-2-6-18(23)19(17)24/h1-6,11-13H,7-10H2. The largest absolute Gasteiger partial charge is 0.335 e. The van der Waals surface area contributed by atoms with E-state index < -0.39 is 0 Å². The molecule has 0 atom stereocenters. The molecule has 2 aromatic carbocycles. The molecule has 0 radical (unpaired) electrons. The first-order valence-electron chi connectivity index (χ1n) is 9.27. The fourth-order valence-corrected chi connectivity index (χ4v) is 3.89. The van der Waals surface area contributed by atoms with Crippen LogP contribution >= 0.6 is 34.8 Å². The summed E-state index contributed by atoms with van der Waals surface area (Å²) in [5.74, 6) is -0.320. The molecule has 0 bridgehead atoms. The molecule has 3 aromatic rings. The minimum Gasteiger partial charge on any atom is -0.335 e. The number of carbonyl (C=O) groups excluding carboxylic acids is 2. The smallest absolute Gasteiger partial charge is 0.257 e. The lowest BCUT2D eigenvalue weighted by atomic mass is 10.1. The van der Waals surface area contributed by atoms with Crippen LogP contribution in [0.25, 0.3) is 5.69 Å². The van der Waals surface area contributed by atoms with Crippen LogP contribution in [0.3, 0.4) is 0 Å². The molecule has 2 amide bonds. The van der Waals surface area contributed by atoms with E-state index in [-0.39, 0.29) is 16.8 Å². The van der Waals surface area contributed by atoms with Crippen molar-refractivity contribution < 1.29 is 9.59 Å². The fourth-order valence-electron chi connectivity index (χ4n) is 3.33. The first kappa shape index (κ1) is 20.7. The maximum Gasteiger partial charge on any atom is 0.257 e. The molecule has 1 saturated heterocycles. The Morgan fingerprint density at radius 2 is 1.53 bits per heavy atom. The number of benzene rings is 2. The summed E-state index contributed by atoms with van der Waals surface area (Å²) in [4.78, 5) is 29.0. The highest BCUT2D eigenvalue weighted by Gasteiger charge is 2.27. The second-order valence-electron chi connectivity index (χ2n) is 6.84. The Bertz CT molecular complexity index is 1110. The number of hydrogen-bond donors (Lipinski definition) is 0. The molecule has 1 fully saturated rings. The molecule has 0 spiro atoms. The molecule has 9 heteroatoms. The van der Waals surface area contributed by atoms with Gasteiger partial charge in [-0.15, -0.1) is 0 Å². The Hall–Kier alpha value is -2.54. The summed E-state index contributed by atoms with van der Waals surface area (Å²) in [5.41, 5.74) is 1.62. The van der Waals surface area contributed by atoms with Crippen molar-refractivity contribution in [2.75, 3.05) is 26.2 Å². The van der Waals surface area contributed by atoms with Gasteiger partial charge in [-0.1, -0.05) is 46.9 Å². The molecule has 154 valence electrons. The van der Waals surface area contributed by atoms with Crippen LogP contribution < -0.4 is 0 Å². The summed E-state index contributed by atoms with van der Waals surface area (Å²) in [5, 5.41) is 5.44. The summed E-state index contributed by atoms with van der Waals surface area (Å²) < 4.78 is 1.61. The lowest BCUT2D eigenvalue weighted by Crippen LogP contribution is -2.50. The molecular weight excluding hydrogens is 447 g/mol. The average molecular weight is 464 g/mol. The lowest BCUT2D eigenvalue weighted by molar-refractivity contribution is 0.0535. The molecule has 2 heterocycles. The third-order valence-corrected chi connectivity index (χ3v) is 5.99. The van der Waals surface area contributed by atoms with Gasteiger partial charge in [-0.2, -0.15) is 5.10 Å². The molecule has 0 N–H and O–H groups in total. The van der Waals surface area contributed by atoms with E-state index >= 15 is 0 Å². The minimum absolute atomic E-state index is 0.129. The number of piperazine rings is 1. The van der Waals surface area contributed by atoms with Crippen LogP contribution in [0.2, 0.25) is 15.1 Å². The van der Waals surface area contributed by atoms with Gasteiger partial charge in [-0.25, -0.2) is 4.68 Å². The zero-order chi connectivity index (χ0) is 21.3. The monoisotopic (exact) mass is 462 g/mol. The molecule has 1 aromatic heterocycles. The number of carbonyl (C=O) groups is 2. The van der Waals surface area contributed by atoms with Crippen LogP contribution in [0.5, 0.6) is 0 Å². The molecule has 0 aliphatic carbocycles. The van der Waals surface area contributed by atoms with Crippen LogP contribution in [0.1, 0.15) is 20.7 Å². The van der Waals surface area contributed by atoms with Crippen molar-refractivity contribution >= 4 is 46.6 Å². The van der Waals surface area contributed by atoms with Crippen molar-refractivity contribution in [3.05, 3.63) is 81.1 Å². The lowest BCUT2D eigenvalue weighted by Gasteiger charge is -2.34. The first-order valence-corrected chi connectivity index (χ1v) is 10.4. The van der Waals surface area contributed by atoms with Crippen molar-refractivity contribution in [1.82, 2.24) is 19.6 Å². The van der Waals surface area contributed by atoms with E-state index in [1.807, 2.05) is 12.1 Å². The highest BCUT2D eigenvalue weighted by Crippen LogP contribution is 2.27. The Balaban J connectivity index is 1.41. The van der Waals surface area contributed by atoms with E-state index in [9.17, 15) is 9.59 Å². The zero-order valence-corrected chi connectivity index (χ0v) is 18.0. The Morgan fingerprint density at radius 1 is 0.867 bits per heavy atom. The van der Waals surface area contributed by atoms with E-state index in [2.05, 4.69) is 5.10 Å². The number of rotatable bonds is 3. The maximum atomic E-state index is 12.9. The number of aromatic nitrogens is 2. The Kier molecular flexibility index (Phi) is 5.99. The van der Waals surface area contributed by atoms with Crippen molar-refractivity contribution in [2.24, 2.45) is 0 Å². The normalized spacial score (nSPS) is 14.1. The van der Waals surface area contributed by atoms with Gasteiger partial charge in [0.25, 0.3) is 11.8 Å². The highest BCUT2D eigenvalue weighted by molar-refractivity contribution is 6.43. The van der Waals surface area contributed by atoms with Gasteiger partial charge in [0.15, 0.2) is 0 Å². The minimum atomic E-state index is -0.191. The van der Waals surface area contributed by atoms with Gasteiger partial charge in [-0.3, -0.25) is 9.59 Å². The molecule has 1 aliphatic heterocycles. The highest BCUT2D eigenvalue weighted by atomic mass is 35.5. The number of hydrogen-bond acceptors (Lipinski definition) is 3. The predicted molar refractivity (Wildman–Crippen MR) is 117 cm³/mol. The van der Waals surface area contributed by atoms with Gasteiger partial charge in [0.1, 0.15) is 0 Å². The molecule has 0 unspecified atom stereocenters. The van der Waals surface area contributed by atoms with E-state index in [4.69, 9.17) is 34.8 Å². The summed E-state index contributed by atoms with van der Waals surface area (Å²) in [7, 11) is 0. The van der Waals surface area contributed by atoms with Crippen LogP contribution in [0.4, 0.5) is 0 Å². The van der Waals surface area contributed by atoms with E-state index in [1.54, 1.807) is 51.0 Å². The molecule has 0 saturated carbocycles. The predicted octanol–water partition coefficient (Wildman–Crippen LogP) is 4.43. The van der Waals surface area contributed by atoms with Gasteiger partial charge in [0, 0.05) is 37.4 Å². The van der Waals surface area contributed by atoms with Gasteiger partial charge in [0.2, 0.25) is 0 Å². The van der Waals surface area contributed by atoms with E-state index in [1.165, 1.54) is 6.20 Å². The SMILES string of the molecule is O=C(c1cnn(-c2cccc(Cl)c2)c1)N1CCN(C(=O)c2cccc(Cl)c2Cl)CC1. The van der Waals surface area contributed by atoms with E-state index in [0.29, 0.717) is 47.4 Å². The third-order valence-electron chi connectivity index (χ3n) is 4.94. The summed E-state index contributed by atoms with van der Waals surface area (Å²) in [6.45, 7) is 1.67. The topological polar surface area (TPSA) is 58.4 Å². The molecular formula is C21H17Cl3N4O2. The molecule has 30 heavy (non-hydrogen) atoms. The fraction of sp³-hybridized carbons (Fsp3) is 0.190. The first-order chi connectivity index (χ1) is 14.4. The van der Waals surface area contributed by atoms with Crippen LogP contribution in [0, 0.1) is 0 Å². The molecule has 6 nitrogen and oxygen atoms in total. The number of amides is 2. The number of halogens is 3. The second-order valence-corrected chi connectivity index (χ2v) is 8.06. The maximum absolute atomic E-state index is 12.9. The van der Waals surface area contributed by atoms with Crippen molar-refractivity contribution in [1.29, 1.82) is 0 Å². The van der Waals surface area contributed by atoms with Gasteiger partial charge < -0.3 is 9.80 Å². The molecule has 4 rings (SSSR count). The average Bonchev–Trinajstić information content (AvgIpc) is 3.25. The summed E-state index contributed by atoms with van der Waals surface area (Å²) in [6, 6.07) is 12.2. The quantitative estimate of drug-likeness (QED) is 0.577. The Labute approximate surface area is 188 Å². The van der Waals surface area contributed by atoms with Gasteiger partial charge >= 0.3 is 0 Å². The van der Waals surface area contributed by atoms with Crippen molar-refractivity contribution in [3.63, 3.8) is 0 Å². The summed E-state index contributed by atoms with van der Waals surface area (Å²) >= 11 is 18.2. The van der Waals surface area contributed by atoms with Gasteiger partial charge in [0.05, 0.1) is 33.1 Å². The van der Waals surface area contributed by atoms with Crippen LogP contribution in [-0.2, 0) is 0 Å². The zero-order valence-electron chi connectivity index (χ0n) is 15.8. The molecule has 1 aliphatic rings. The van der Waals surface area contributed by atoms with Crippen LogP contribution in [0.15, 0.2) is 54.9 Å². The van der Waals surface area contributed by atoms with Crippen molar-refractivity contribution in [2.45, 2.75) is 0 Å². The van der Waals surface area contributed by atoms with Crippen molar-refractivity contribution in [3.8, 4) is 5.69 Å². The summed E-state index contributed by atoms with van der Waals surface area (Å²) in [6.07, 6.45) is 3.21. The van der Waals surface area contributed by atoms with Gasteiger partial charge in [-0.05, 0) is 30.3 Å². The third kappa shape index (κ3) is 4.17. The second kappa shape index (κ2) is 8.68. The Morgan fingerprint density at radius 3 is 2.23 bits per heavy atom. The number of nitrogens with zero attached hydrogens (tertiary/aromatic N) is 4.